The van der Waals surface area contributed by atoms with Gasteiger partial charge >= 0.3 is 5.69 Å². The number of sulfonamides is 1. The molecular weight excluding hydrogens is 489 g/mol. The Morgan fingerprint density at radius 1 is 1.08 bits per heavy atom. The Morgan fingerprint density at radius 2 is 1.86 bits per heavy atom. The Kier molecular flexibility index (Phi) is 5.83. The fourth-order valence-electron chi connectivity index (χ4n) is 4.02. The zero-order chi connectivity index (χ0) is 25.7. The molecule has 1 fully saturated rings. The van der Waals surface area contributed by atoms with E-state index in [1.807, 2.05) is 0 Å². The smallest absolute Gasteiger partial charge is 0.287 e. The summed E-state index contributed by atoms with van der Waals surface area (Å²) in [6.07, 6.45) is 7.16. The molecule has 0 aliphatic heterocycles. The predicted octanol–water partition coefficient (Wildman–Crippen LogP) is 0.872. The first-order valence-corrected chi connectivity index (χ1v) is 12.7. The molecule has 0 amide bonds. The summed E-state index contributed by atoms with van der Waals surface area (Å²) < 4.78 is 45.7. The van der Waals surface area contributed by atoms with Crippen molar-refractivity contribution >= 4 is 20.9 Å². The van der Waals surface area contributed by atoms with Gasteiger partial charge in [-0.05, 0) is 38.0 Å². The summed E-state index contributed by atoms with van der Waals surface area (Å²) in [4.78, 5) is 35.3. The van der Waals surface area contributed by atoms with Gasteiger partial charge in [0.25, 0.3) is 5.56 Å². The molecule has 4 aromatic rings. The lowest BCUT2D eigenvalue weighted by molar-refractivity contribution is 0.393. The molecule has 5 rings (SSSR count). The number of aromatic nitrogens is 6. The number of benzene rings is 1. The van der Waals surface area contributed by atoms with Crippen molar-refractivity contribution in [3.05, 3.63) is 80.8 Å². The maximum Gasteiger partial charge on any atom is 0.332 e. The van der Waals surface area contributed by atoms with E-state index in [9.17, 15) is 22.4 Å². The minimum Gasteiger partial charge on any atom is -0.287 e. The number of hydrogen-bond donors (Lipinski definition) is 1. The average molecular weight is 514 g/mol. The third kappa shape index (κ3) is 4.46. The normalized spacial score (nSPS) is 14.9. The van der Waals surface area contributed by atoms with Gasteiger partial charge in [-0.1, -0.05) is 0 Å². The van der Waals surface area contributed by atoms with Gasteiger partial charge in [0, 0.05) is 25.0 Å². The standard InChI is InChI=1S/C23H24FN7O4S/c1-15-8-26-17(10-25-15)13-30-20-4-3-18(36(34,35)28-23(14-24)5-6-23)7-19(20)21(32)31(22(30)33)12-16-9-27-29(2)11-16/h3-4,7-11,28H,5-6,12-14H2,1-2H3. The fourth-order valence-corrected chi connectivity index (χ4v) is 5.49. The molecule has 0 radical (unpaired) electrons. The Morgan fingerprint density at radius 3 is 2.47 bits per heavy atom. The van der Waals surface area contributed by atoms with Crippen molar-refractivity contribution in [2.45, 2.75) is 43.3 Å². The van der Waals surface area contributed by atoms with Crippen LogP contribution in [0.25, 0.3) is 10.9 Å². The van der Waals surface area contributed by atoms with Crippen LogP contribution in [0.15, 0.2) is 57.5 Å². The second-order valence-corrected chi connectivity index (χ2v) is 10.8. The van der Waals surface area contributed by atoms with Crippen LogP contribution in [0.4, 0.5) is 4.39 Å². The highest BCUT2D eigenvalue weighted by Crippen LogP contribution is 2.37. The summed E-state index contributed by atoms with van der Waals surface area (Å²) in [5.74, 6) is 0. The number of fused-ring (bicyclic) bond motifs is 1. The fraction of sp³-hybridized carbons (Fsp3) is 0.348. The summed E-state index contributed by atoms with van der Waals surface area (Å²) in [6, 6.07) is 3.95. The quantitative estimate of drug-likeness (QED) is 0.370. The van der Waals surface area contributed by atoms with Crippen LogP contribution >= 0.6 is 0 Å². The minimum atomic E-state index is -4.09. The molecule has 1 N–H and O–H groups in total. The van der Waals surface area contributed by atoms with E-state index >= 15 is 0 Å². The molecule has 1 aromatic carbocycles. The molecule has 0 bridgehead atoms. The highest BCUT2D eigenvalue weighted by molar-refractivity contribution is 7.89. The molecule has 36 heavy (non-hydrogen) atoms. The van der Waals surface area contributed by atoms with E-state index in [0.717, 1.165) is 4.57 Å². The summed E-state index contributed by atoms with van der Waals surface area (Å²) >= 11 is 0. The molecule has 1 aliphatic rings. The molecule has 1 aliphatic carbocycles. The van der Waals surface area contributed by atoms with Gasteiger partial charge in [0.2, 0.25) is 10.0 Å². The lowest BCUT2D eigenvalue weighted by Crippen LogP contribution is -2.41. The minimum absolute atomic E-state index is 0.0191. The monoisotopic (exact) mass is 513 g/mol. The van der Waals surface area contributed by atoms with E-state index in [-0.39, 0.29) is 28.9 Å². The number of alkyl halides is 1. The van der Waals surface area contributed by atoms with E-state index in [1.165, 1.54) is 22.8 Å². The largest absolute Gasteiger partial charge is 0.332 e. The molecule has 3 heterocycles. The first-order chi connectivity index (χ1) is 17.1. The van der Waals surface area contributed by atoms with Gasteiger partial charge in [0.05, 0.1) is 58.2 Å². The Labute approximate surface area is 205 Å². The van der Waals surface area contributed by atoms with Crippen molar-refractivity contribution in [3.8, 4) is 0 Å². The summed E-state index contributed by atoms with van der Waals surface area (Å²) in [5.41, 5.74) is -0.232. The maximum absolute atomic E-state index is 13.5. The van der Waals surface area contributed by atoms with Crippen LogP contribution in [0.3, 0.4) is 0 Å². The number of nitrogens with one attached hydrogen (secondary N) is 1. The molecular formula is C23H24FN7O4S. The van der Waals surface area contributed by atoms with Gasteiger partial charge in [0.15, 0.2) is 0 Å². The van der Waals surface area contributed by atoms with Crippen molar-refractivity contribution in [3.63, 3.8) is 0 Å². The van der Waals surface area contributed by atoms with E-state index in [0.29, 0.717) is 29.8 Å². The van der Waals surface area contributed by atoms with E-state index in [2.05, 4.69) is 19.8 Å². The van der Waals surface area contributed by atoms with Crippen molar-refractivity contribution in [2.75, 3.05) is 6.67 Å². The van der Waals surface area contributed by atoms with Crippen LogP contribution in [-0.4, -0.2) is 49.5 Å². The van der Waals surface area contributed by atoms with Crippen LogP contribution in [0.2, 0.25) is 0 Å². The van der Waals surface area contributed by atoms with Crippen molar-refractivity contribution in [1.29, 1.82) is 0 Å². The molecule has 1 saturated carbocycles. The topological polar surface area (TPSA) is 134 Å². The zero-order valence-corrected chi connectivity index (χ0v) is 20.5. The molecule has 0 spiro atoms. The molecule has 0 unspecified atom stereocenters. The molecule has 11 nitrogen and oxygen atoms in total. The Bertz CT molecular complexity index is 1690. The molecule has 3 aromatic heterocycles. The zero-order valence-electron chi connectivity index (χ0n) is 19.7. The van der Waals surface area contributed by atoms with E-state index in [1.54, 1.807) is 43.4 Å². The molecule has 0 saturated heterocycles. The van der Waals surface area contributed by atoms with Crippen molar-refractivity contribution in [2.24, 2.45) is 7.05 Å². The highest BCUT2D eigenvalue weighted by Gasteiger charge is 2.46. The second-order valence-electron chi connectivity index (χ2n) is 9.13. The van der Waals surface area contributed by atoms with Crippen molar-refractivity contribution in [1.82, 2.24) is 33.6 Å². The highest BCUT2D eigenvalue weighted by atomic mass is 32.2. The second kappa shape index (κ2) is 8.75. The third-order valence-electron chi connectivity index (χ3n) is 6.22. The van der Waals surface area contributed by atoms with Gasteiger partial charge in [-0.3, -0.25) is 28.6 Å². The number of rotatable bonds is 8. The average Bonchev–Trinajstić information content (AvgIpc) is 3.50. The van der Waals surface area contributed by atoms with Gasteiger partial charge in [-0.15, -0.1) is 0 Å². The molecule has 0 atom stereocenters. The number of aryl methyl sites for hydroxylation is 2. The van der Waals surface area contributed by atoms with Gasteiger partial charge in [-0.2, -0.15) is 5.10 Å². The van der Waals surface area contributed by atoms with E-state index in [4.69, 9.17) is 0 Å². The van der Waals surface area contributed by atoms with Crippen LogP contribution in [0, 0.1) is 6.92 Å². The lowest BCUT2D eigenvalue weighted by atomic mass is 10.2. The SMILES string of the molecule is Cc1cnc(Cn2c(=O)n(Cc3cnn(C)c3)c(=O)c3cc(S(=O)(=O)NC4(CF)CC4)ccc32)cn1. The molecule has 188 valence electrons. The predicted molar refractivity (Wildman–Crippen MR) is 129 cm³/mol. The van der Waals surface area contributed by atoms with Gasteiger partial charge < -0.3 is 0 Å². The molecule has 13 heteroatoms. The summed E-state index contributed by atoms with van der Waals surface area (Å²) in [5, 5.41) is 4.12. The van der Waals surface area contributed by atoms with E-state index < -0.39 is 33.5 Å². The Balaban J connectivity index is 1.67. The third-order valence-corrected chi connectivity index (χ3v) is 7.80. The van der Waals surface area contributed by atoms with Gasteiger partial charge in [0.1, 0.15) is 6.67 Å². The van der Waals surface area contributed by atoms with Crippen LogP contribution in [0.5, 0.6) is 0 Å². The summed E-state index contributed by atoms with van der Waals surface area (Å²) in [7, 11) is -2.37. The van der Waals surface area contributed by atoms with Gasteiger partial charge in [-0.25, -0.2) is 22.3 Å². The summed E-state index contributed by atoms with van der Waals surface area (Å²) in [6.45, 7) is 0.943. The number of halogens is 1. The lowest BCUT2D eigenvalue weighted by Gasteiger charge is -2.16. The van der Waals surface area contributed by atoms with Crippen LogP contribution in [0.1, 0.15) is 29.8 Å². The maximum atomic E-state index is 13.5. The number of hydrogen-bond acceptors (Lipinski definition) is 7. The first-order valence-electron chi connectivity index (χ1n) is 11.2. The Hall–Kier alpha value is -3.71. The van der Waals surface area contributed by atoms with Crippen LogP contribution < -0.4 is 16.0 Å². The van der Waals surface area contributed by atoms with Crippen molar-refractivity contribution < 1.29 is 12.8 Å². The first kappa shape index (κ1) is 24.0. The van der Waals surface area contributed by atoms with Crippen LogP contribution in [-0.2, 0) is 30.2 Å². The number of nitrogens with zero attached hydrogens (tertiary/aromatic N) is 6.